The molecule has 0 radical (unpaired) electrons. The Kier molecular flexibility index (Phi) is 4.49. The Morgan fingerprint density at radius 1 is 1.36 bits per heavy atom. The molecule has 0 bridgehead atoms. The van der Waals surface area contributed by atoms with Crippen molar-refractivity contribution < 1.29 is 5.11 Å². The standard InChI is InChI=1S/C9H13IO/c1-6(2)5-8(10)9(11)7(3)4/h5,11H,3H2,1-2,4H3/b9-8-. The summed E-state index contributed by atoms with van der Waals surface area (Å²) in [6, 6.07) is 0. The van der Waals surface area contributed by atoms with Crippen LogP contribution in [0.5, 0.6) is 0 Å². The van der Waals surface area contributed by atoms with Crippen LogP contribution in [0.15, 0.2) is 33.1 Å². The summed E-state index contributed by atoms with van der Waals surface area (Å²) in [4.78, 5) is 0. The van der Waals surface area contributed by atoms with Crippen molar-refractivity contribution in [3.05, 3.63) is 33.1 Å². The average molecular weight is 264 g/mol. The smallest absolute Gasteiger partial charge is 0.131 e. The highest BCUT2D eigenvalue weighted by Crippen LogP contribution is 2.18. The number of rotatable bonds is 2. The van der Waals surface area contributed by atoms with Crippen molar-refractivity contribution in [2.45, 2.75) is 20.8 Å². The van der Waals surface area contributed by atoms with Crippen LogP contribution < -0.4 is 0 Å². The van der Waals surface area contributed by atoms with Crippen LogP contribution in [0, 0.1) is 0 Å². The Bertz CT molecular complexity index is 220. The van der Waals surface area contributed by atoms with Crippen molar-refractivity contribution in [2.24, 2.45) is 0 Å². The minimum Gasteiger partial charge on any atom is -0.507 e. The third-order valence-corrected chi connectivity index (χ3v) is 1.87. The number of halogens is 1. The third kappa shape index (κ3) is 4.24. The van der Waals surface area contributed by atoms with Gasteiger partial charge in [0.2, 0.25) is 0 Å². The maximum atomic E-state index is 9.37. The summed E-state index contributed by atoms with van der Waals surface area (Å²) < 4.78 is 0.843. The lowest BCUT2D eigenvalue weighted by atomic mass is 10.2. The highest BCUT2D eigenvalue weighted by atomic mass is 127. The lowest BCUT2D eigenvalue weighted by Crippen LogP contribution is -1.83. The molecule has 0 aromatic carbocycles. The van der Waals surface area contributed by atoms with E-state index in [0.29, 0.717) is 5.57 Å². The van der Waals surface area contributed by atoms with Gasteiger partial charge in [0.1, 0.15) is 5.76 Å². The number of aliphatic hydroxyl groups excluding tert-OH is 1. The van der Waals surface area contributed by atoms with Gasteiger partial charge in [-0.15, -0.1) is 0 Å². The first-order valence-electron chi connectivity index (χ1n) is 3.34. The van der Waals surface area contributed by atoms with Crippen molar-refractivity contribution in [3.63, 3.8) is 0 Å². The first-order chi connectivity index (χ1) is 4.95. The third-order valence-electron chi connectivity index (χ3n) is 1.05. The zero-order valence-electron chi connectivity index (χ0n) is 7.11. The molecule has 0 amide bonds. The van der Waals surface area contributed by atoms with E-state index < -0.39 is 0 Å². The maximum absolute atomic E-state index is 9.37. The predicted molar refractivity (Wildman–Crippen MR) is 57.9 cm³/mol. The Morgan fingerprint density at radius 2 is 1.82 bits per heavy atom. The Labute approximate surface area is 81.6 Å². The van der Waals surface area contributed by atoms with Gasteiger partial charge in [0.25, 0.3) is 0 Å². The molecule has 0 unspecified atom stereocenters. The highest BCUT2D eigenvalue weighted by molar-refractivity contribution is 14.1. The predicted octanol–water partition coefficient (Wildman–Crippen LogP) is 3.73. The summed E-state index contributed by atoms with van der Waals surface area (Å²) in [5.41, 5.74) is 1.87. The van der Waals surface area contributed by atoms with Gasteiger partial charge in [-0.3, -0.25) is 0 Å². The van der Waals surface area contributed by atoms with Gasteiger partial charge in [0.05, 0.1) is 3.58 Å². The second kappa shape index (κ2) is 4.59. The van der Waals surface area contributed by atoms with Crippen LogP contribution in [-0.4, -0.2) is 5.11 Å². The van der Waals surface area contributed by atoms with Gasteiger partial charge in [0.15, 0.2) is 0 Å². The molecule has 11 heavy (non-hydrogen) atoms. The van der Waals surface area contributed by atoms with E-state index in [1.165, 1.54) is 5.57 Å². The van der Waals surface area contributed by atoms with E-state index in [9.17, 15) is 5.11 Å². The van der Waals surface area contributed by atoms with Gasteiger partial charge < -0.3 is 5.11 Å². The van der Waals surface area contributed by atoms with E-state index in [1.807, 2.05) is 19.9 Å². The number of hydrogen-bond donors (Lipinski definition) is 1. The van der Waals surface area contributed by atoms with Gasteiger partial charge in [-0.1, -0.05) is 12.2 Å². The molecule has 0 heterocycles. The summed E-state index contributed by atoms with van der Waals surface area (Å²) in [5.74, 6) is 0.284. The van der Waals surface area contributed by atoms with Crippen LogP contribution in [0.25, 0.3) is 0 Å². The summed E-state index contributed by atoms with van der Waals surface area (Å²) >= 11 is 2.09. The Balaban J connectivity index is 4.68. The molecule has 1 nitrogen and oxygen atoms in total. The van der Waals surface area contributed by atoms with Crippen LogP contribution in [0.2, 0.25) is 0 Å². The first kappa shape index (κ1) is 10.8. The zero-order chi connectivity index (χ0) is 9.02. The average Bonchev–Trinajstić information content (AvgIpc) is 1.84. The van der Waals surface area contributed by atoms with Crippen molar-refractivity contribution >= 4 is 22.6 Å². The zero-order valence-corrected chi connectivity index (χ0v) is 9.27. The van der Waals surface area contributed by atoms with E-state index in [-0.39, 0.29) is 5.76 Å². The molecule has 0 aromatic heterocycles. The molecule has 0 spiro atoms. The second-order valence-corrected chi connectivity index (χ2v) is 3.86. The molecule has 0 rings (SSSR count). The van der Waals surface area contributed by atoms with Gasteiger partial charge in [-0.05, 0) is 55.0 Å². The molecule has 0 aliphatic heterocycles. The lowest BCUT2D eigenvalue weighted by molar-refractivity contribution is 0.423. The minimum atomic E-state index is 0.284. The second-order valence-electron chi connectivity index (χ2n) is 2.70. The summed E-state index contributed by atoms with van der Waals surface area (Å²) in [6.45, 7) is 9.41. The minimum absolute atomic E-state index is 0.284. The van der Waals surface area contributed by atoms with Gasteiger partial charge >= 0.3 is 0 Å². The summed E-state index contributed by atoms with van der Waals surface area (Å²) in [5, 5.41) is 9.37. The SMILES string of the molecule is C=C(C)/C(O)=C(/I)C=C(C)C. The van der Waals surface area contributed by atoms with Gasteiger partial charge in [0, 0.05) is 0 Å². The van der Waals surface area contributed by atoms with Gasteiger partial charge in [-0.2, -0.15) is 0 Å². The van der Waals surface area contributed by atoms with Crippen molar-refractivity contribution in [2.75, 3.05) is 0 Å². The normalized spacial score (nSPS) is 12.0. The number of hydrogen-bond acceptors (Lipinski definition) is 1. The highest BCUT2D eigenvalue weighted by Gasteiger charge is 1.98. The fraction of sp³-hybridized carbons (Fsp3) is 0.333. The molecule has 0 saturated carbocycles. The van der Waals surface area contributed by atoms with E-state index in [0.717, 1.165) is 3.58 Å². The quantitative estimate of drug-likeness (QED) is 0.457. The van der Waals surface area contributed by atoms with Crippen molar-refractivity contribution in [1.82, 2.24) is 0 Å². The van der Waals surface area contributed by atoms with Crippen LogP contribution in [0.3, 0.4) is 0 Å². The van der Waals surface area contributed by atoms with Crippen LogP contribution in [0.4, 0.5) is 0 Å². The summed E-state index contributed by atoms with van der Waals surface area (Å²) in [7, 11) is 0. The molecule has 0 fully saturated rings. The monoisotopic (exact) mass is 264 g/mol. The topological polar surface area (TPSA) is 20.2 Å². The number of allylic oxidation sites excluding steroid dienone is 4. The molecule has 62 valence electrons. The van der Waals surface area contributed by atoms with E-state index in [4.69, 9.17) is 0 Å². The maximum Gasteiger partial charge on any atom is 0.131 e. The first-order valence-corrected chi connectivity index (χ1v) is 4.42. The Morgan fingerprint density at radius 3 is 2.09 bits per heavy atom. The molecular formula is C9H13IO. The molecule has 2 heteroatoms. The van der Waals surface area contributed by atoms with E-state index in [1.54, 1.807) is 6.92 Å². The molecule has 0 aliphatic carbocycles. The fourth-order valence-corrected chi connectivity index (χ4v) is 1.61. The molecule has 0 aromatic rings. The van der Waals surface area contributed by atoms with Gasteiger partial charge in [-0.25, -0.2) is 0 Å². The van der Waals surface area contributed by atoms with Crippen LogP contribution in [0.1, 0.15) is 20.8 Å². The molecule has 0 aliphatic rings. The molecule has 1 N–H and O–H groups in total. The van der Waals surface area contributed by atoms with Crippen LogP contribution >= 0.6 is 22.6 Å². The Hall–Kier alpha value is -0.250. The van der Waals surface area contributed by atoms with Crippen molar-refractivity contribution in [1.29, 1.82) is 0 Å². The van der Waals surface area contributed by atoms with Crippen molar-refractivity contribution in [3.8, 4) is 0 Å². The van der Waals surface area contributed by atoms with Crippen LogP contribution in [-0.2, 0) is 0 Å². The lowest BCUT2D eigenvalue weighted by Gasteiger charge is -1.99. The molecule has 0 saturated heterocycles. The fourth-order valence-electron chi connectivity index (χ4n) is 0.526. The largest absolute Gasteiger partial charge is 0.507 e. The number of aliphatic hydroxyl groups is 1. The van der Waals surface area contributed by atoms with E-state index >= 15 is 0 Å². The molecular weight excluding hydrogens is 251 g/mol. The molecule has 0 atom stereocenters. The summed E-state index contributed by atoms with van der Waals surface area (Å²) in [6.07, 6.45) is 1.92. The van der Waals surface area contributed by atoms with E-state index in [2.05, 4.69) is 29.2 Å².